The van der Waals surface area contributed by atoms with Crippen LogP contribution in [0.5, 0.6) is 0 Å². The minimum absolute atomic E-state index is 0.0504. The van der Waals surface area contributed by atoms with Gasteiger partial charge >= 0.3 is 8.80 Å². The van der Waals surface area contributed by atoms with Crippen molar-refractivity contribution in [3.63, 3.8) is 0 Å². The predicted octanol–water partition coefficient (Wildman–Crippen LogP) is 4.32. The smallest absolute Gasteiger partial charge is 0.374 e. The molecule has 0 aromatic heterocycles. The van der Waals surface area contributed by atoms with Crippen LogP contribution < -0.4 is 0 Å². The maximum absolute atomic E-state index is 6.46. The summed E-state index contributed by atoms with van der Waals surface area (Å²) in [5, 5.41) is 0. The summed E-state index contributed by atoms with van der Waals surface area (Å²) in [4.78, 5) is -0.0504. The standard InChI is InChI=1S/C12H26O3S2Si/c1-5-9-12(11-16-17-12)15-18(10-6-2,13-7-3)14-8-4/h5-11H2,1-4H3. The second-order valence-corrected chi connectivity index (χ2v) is 9.70. The van der Waals surface area contributed by atoms with Crippen molar-refractivity contribution in [2.24, 2.45) is 0 Å². The molecular formula is C12H26O3S2Si. The first-order chi connectivity index (χ1) is 8.66. The first-order valence-electron chi connectivity index (χ1n) is 6.94. The summed E-state index contributed by atoms with van der Waals surface area (Å²) in [6.45, 7) is 9.76. The van der Waals surface area contributed by atoms with E-state index in [0.29, 0.717) is 13.2 Å². The van der Waals surface area contributed by atoms with Gasteiger partial charge in [-0.1, -0.05) is 48.3 Å². The first-order valence-corrected chi connectivity index (χ1v) is 11.2. The Morgan fingerprint density at radius 1 is 1.06 bits per heavy atom. The molecule has 0 radical (unpaired) electrons. The highest BCUT2D eigenvalue weighted by Gasteiger charge is 2.51. The third-order valence-electron chi connectivity index (χ3n) is 2.75. The lowest BCUT2D eigenvalue weighted by atomic mass is 10.2. The van der Waals surface area contributed by atoms with Crippen molar-refractivity contribution in [3.8, 4) is 0 Å². The van der Waals surface area contributed by atoms with Gasteiger partial charge in [-0.15, -0.1) is 0 Å². The largest absolute Gasteiger partial charge is 0.502 e. The van der Waals surface area contributed by atoms with Crippen molar-refractivity contribution in [1.29, 1.82) is 0 Å². The van der Waals surface area contributed by atoms with E-state index in [4.69, 9.17) is 13.3 Å². The average Bonchev–Trinajstić information content (AvgIpc) is 2.27. The summed E-state index contributed by atoms with van der Waals surface area (Å²) in [5.74, 6) is 1.06. The van der Waals surface area contributed by atoms with E-state index in [1.165, 1.54) is 0 Å². The zero-order valence-electron chi connectivity index (χ0n) is 12.0. The summed E-state index contributed by atoms with van der Waals surface area (Å²) in [6, 6.07) is 0.922. The van der Waals surface area contributed by atoms with Crippen molar-refractivity contribution >= 4 is 30.4 Å². The van der Waals surface area contributed by atoms with E-state index >= 15 is 0 Å². The van der Waals surface area contributed by atoms with Crippen LogP contribution in [0.1, 0.15) is 47.0 Å². The molecule has 0 N–H and O–H groups in total. The molecule has 108 valence electrons. The topological polar surface area (TPSA) is 27.7 Å². The molecular weight excluding hydrogens is 284 g/mol. The SMILES string of the molecule is CCCC1(O[Si](CCC)(OCC)OCC)CSS1. The molecule has 6 heteroatoms. The van der Waals surface area contributed by atoms with Crippen LogP contribution >= 0.6 is 21.6 Å². The Morgan fingerprint density at radius 2 is 1.67 bits per heavy atom. The molecule has 18 heavy (non-hydrogen) atoms. The minimum Gasteiger partial charge on any atom is -0.374 e. The van der Waals surface area contributed by atoms with E-state index < -0.39 is 8.80 Å². The first kappa shape index (κ1) is 16.9. The molecule has 0 aromatic rings. The predicted molar refractivity (Wildman–Crippen MR) is 82.9 cm³/mol. The Hall–Kier alpha value is 0.797. The molecule has 1 fully saturated rings. The summed E-state index contributed by atoms with van der Waals surface area (Å²) >= 11 is 0. The lowest BCUT2D eigenvalue weighted by Crippen LogP contribution is -2.54. The maximum Gasteiger partial charge on any atom is 0.502 e. The zero-order valence-corrected chi connectivity index (χ0v) is 14.6. The van der Waals surface area contributed by atoms with Gasteiger partial charge in [0.1, 0.15) is 4.93 Å². The van der Waals surface area contributed by atoms with E-state index in [-0.39, 0.29) is 4.93 Å². The summed E-state index contributed by atoms with van der Waals surface area (Å²) < 4.78 is 18.4. The maximum atomic E-state index is 6.46. The third-order valence-corrected chi connectivity index (χ3v) is 9.40. The van der Waals surface area contributed by atoms with E-state index in [1.54, 1.807) is 0 Å². The van der Waals surface area contributed by atoms with Gasteiger partial charge in [-0.05, 0) is 20.3 Å². The van der Waals surface area contributed by atoms with Crippen LogP contribution in [0.3, 0.4) is 0 Å². The quantitative estimate of drug-likeness (QED) is 0.442. The summed E-state index contributed by atoms with van der Waals surface area (Å²) in [7, 11) is 1.26. The zero-order chi connectivity index (χ0) is 13.5. The van der Waals surface area contributed by atoms with Crippen molar-refractivity contribution in [2.45, 2.75) is 57.9 Å². The fourth-order valence-electron chi connectivity index (χ4n) is 2.11. The molecule has 1 rings (SSSR count). The lowest BCUT2D eigenvalue weighted by molar-refractivity contribution is 0.0218. The molecule has 1 aliphatic rings. The molecule has 1 unspecified atom stereocenters. The van der Waals surface area contributed by atoms with Gasteiger partial charge in [-0.3, -0.25) is 0 Å². The van der Waals surface area contributed by atoms with Crippen LogP contribution in [0, 0.1) is 0 Å². The Balaban J connectivity index is 2.73. The van der Waals surface area contributed by atoms with Gasteiger partial charge in [0.05, 0.1) is 0 Å². The van der Waals surface area contributed by atoms with Crippen LogP contribution in [0.25, 0.3) is 0 Å². The van der Waals surface area contributed by atoms with Gasteiger partial charge < -0.3 is 13.3 Å². The van der Waals surface area contributed by atoms with E-state index in [2.05, 4.69) is 13.8 Å². The molecule has 3 nitrogen and oxygen atoms in total. The second kappa shape index (κ2) is 8.17. The van der Waals surface area contributed by atoms with E-state index in [1.807, 2.05) is 35.4 Å². The van der Waals surface area contributed by atoms with Gasteiger partial charge in [0.2, 0.25) is 0 Å². The van der Waals surface area contributed by atoms with Gasteiger partial charge in [0.15, 0.2) is 0 Å². The number of rotatable bonds is 10. The number of hydrogen-bond donors (Lipinski definition) is 0. The fourth-order valence-corrected chi connectivity index (χ4v) is 8.12. The molecule has 1 atom stereocenters. The van der Waals surface area contributed by atoms with Gasteiger partial charge in [-0.25, -0.2) is 0 Å². The van der Waals surface area contributed by atoms with Gasteiger partial charge in [-0.2, -0.15) is 0 Å². The summed E-state index contributed by atoms with van der Waals surface area (Å²) in [6.07, 6.45) is 3.28. The average molecular weight is 311 g/mol. The normalized spacial score (nSPS) is 24.0. The monoisotopic (exact) mass is 310 g/mol. The van der Waals surface area contributed by atoms with Crippen LogP contribution in [0.15, 0.2) is 0 Å². The highest BCUT2D eigenvalue weighted by molar-refractivity contribution is 8.80. The Labute approximate surface area is 120 Å². The fraction of sp³-hybridized carbons (Fsp3) is 1.00. The molecule has 0 saturated carbocycles. The molecule has 0 spiro atoms. The molecule has 1 saturated heterocycles. The Kier molecular flexibility index (Phi) is 7.64. The number of hydrogen-bond acceptors (Lipinski definition) is 5. The molecule has 0 bridgehead atoms. The lowest BCUT2D eigenvalue weighted by Gasteiger charge is -2.45. The van der Waals surface area contributed by atoms with E-state index in [0.717, 1.165) is 31.1 Å². The van der Waals surface area contributed by atoms with Crippen molar-refractivity contribution in [3.05, 3.63) is 0 Å². The molecule has 1 aliphatic heterocycles. The van der Waals surface area contributed by atoms with Crippen molar-refractivity contribution < 1.29 is 13.3 Å². The third kappa shape index (κ3) is 4.42. The molecule has 0 amide bonds. The summed E-state index contributed by atoms with van der Waals surface area (Å²) in [5.41, 5.74) is 0. The highest BCUT2D eigenvalue weighted by atomic mass is 33.1. The Bertz CT molecular complexity index is 220. The highest BCUT2D eigenvalue weighted by Crippen LogP contribution is 2.55. The molecule has 0 aromatic carbocycles. The second-order valence-electron chi connectivity index (χ2n) is 4.41. The van der Waals surface area contributed by atoms with Crippen molar-refractivity contribution in [2.75, 3.05) is 19.0 Å². The van der Waals surface area contributed by atoms with E-state index in [9.17, 15) is 0 Å². The minimum atomic E-state index is -2.47. The molecule has 1 heterocycles. The van der Waals surface area contributed by atoms with Crippen molar-refractivity contribution in [1.82, 2.24) is 0 Å². The van der Waals surface area contributed by atoms with Gasteiger partial charge in [0.25, 0.3) is 0 Å². The molecule has 0 aliphatic carbocycles. The van der Waals surface area contributed by atoms with Crippen LogP contribution in [-0.2, 0) is 13.3 Å². The van der Waals surface area contributed by atoms with Crippen LogP contribution in [-0.4, -0.2) is 32.7 Å². The van der Waals surface area contributed by atoms with Crippen LogP contribution in [0.4, 0.5) is 0 Å². The van der Waals surface area contributed by atoms with Crippen LogP contribution in [0.2, 0.25) is 6.04 Å². The van der Waals surface area contributed by atoms with Gasteiger partial charge in [0, 0.05) is 25.0 Å². The Morgan fingerprint density at radius 3 is 2.00 bits per heavy atom.